The molecule has 6 heteroatoms. The molecule has 0 bridgehead atoms. The maximum Gasteiger partial charge on any atom is 0.299 e. The van der Waals surface area contributed by atoms with Crippen LogP contribution in [0, 0.1) is 5.92 Å². The number of primary amides is 1. The Bertz CT molecular complexity index is 633. The highest BCUT2D eigenvalue weighted by atomic mass is 16.2. The summed E-state index contributed by atoms with van der Waals surface area (Å²) in [5, 5.41) is 0. The second-order valence-electron chi connectivity index (χ2n) is 5.56. The van der Waals surface area contributed by atoms with Gasteiger partial charge in [-0.3, -0.25) is 14.4 Å². The predicted octanol–water partition coefficient (Wildman–Crippen LogP) is 0.547. The van der Waals surface area contributed by atoms with Crippen LogP contribution in [0.15, 0.2) is 18.2 Å². The van der Waals surface area contributed by atoms with Gasteiger partial charge in [0, 0.05) is 31.7 Å². The Morgan fingerprint density at radius 1 is 1.24 bits per heavy atom. The molecule has 0 aliphatic carbocycles. The molecule has 0 aromatic heterocycles. The van der Waals surface area contributed by atoms with E-state index < -0.39 is 11.7 Å². The van der Waals surface area contributed by atoms with Crippen molar-refractivity contribution < 1.29 is 14.4 Å². The maximum atomic E-state index is 11.8. The van der Waals surface area contributed by atoms with Crippen LogP contribution in [-0.4, -0.2) is 37.7 Å². The Hall–Kier alpha value is -2.37. The lowest BCUT2D eigenvalue weighted by atomic mass is 9.96. The number of fused-ring (bicyclic) bond motifs is 1. The van der Waals surface area contributed by atoms with E-state index in [4.69, 9.17) is 5.73 Å². The van der Waals surface area contributed by atoms with Crippen LogP contribution >= 0.6 is 0 Å². The van der Waals surface area contributed by atoms with Crippen LogP contribution < -0.4 is 15.5 Å². The quantitative estimate of drug-likeness (QED) is 0.805. The summed E-state index contributed by atoms with van der Waals surface area (Å²) in [4.78, 5) is 38.2. The lowest BCUT2D eigenvalue weighted by Crippen LogP contribution is -2.38. The molecular formula is C15H17N3O3. The monoisotopic (exact) mass is 287 g/mol. The molecule has 2 aliphatic heterocycles. The van der Waals surface area contributed by atoms with E-state index in [0.717, 1.165) is 31.6 Å². The standard InChI is InChI=1S/C15H17N3O3/c1-17-12-8-10(2-3-11(12)13(19)15(17)21)18-6-4-9(5-7-18)14(16)20/h2-3,8-9H,4-7H2,1H3,(H2,16,20). The first kappa shape index (κ1) is 13.6. The Kier molecular flexibility index (Phi) is 3.16. The molecule has 2 heterocycles. The third kappa shape index (κ3) is 2.16. The minimum Gasteiger partial charge on any atom is -0.371 e. The minimum absolute atomic E-state index is 0.0542. The average Bonchev–Trinajstić information content (AvgIpc) is 2.72. The van der Waals surface area contributed by atoms with E-state index >= 15 is 0 Å². The van der Waals surface area contributed by atoms with Crippen molar-refractivity contribution in [3.8, 4) is 0 Å². The lowest BCUT2D eigenvalue weighted by molar-refractivity contribution is -0.122. The molecule has 2 aliphatic rings. The van der Waals surface area contributed by atoms with Crippen molar-refractivity contribution in [2.75, 3.05) is 29.9 Å². The summed E-state index contributed by atoms with van der Waals surface area (Å²) < 4.78 is 0. The van der Waals surface area contributed by atoms with Gasteiger partial charge < -0.3 is 15.5 Å². The van der Waals surface area contributed by atoms with Gasteiger partial charge in [0.2, 0.25) is 5.91 Å². The second-order valence-corrected chi connectivity index (χ2v) is 5.56. The molecule has 3 rings (SSSR count). The zero-order valence-corrected chi connectivity index (χ0v) is 11.8. The van der Waals surface area contributed by atoms with Gasteiger partial charge in [0.1, 0.15) is 0 Å². The molecule has 21 heavy (non-hydrogen) atoms. The number of nitrogens with zero attached hydrogens (tertiary/aromatic N) is 2. The van der Waals surface area contributed by atoms with E-state index in [1.807, 2.05) is 12.1 Å². The van der Waals surface area contributed by atoms with Gasteiger partial charge in [-0.2, -0.15) is 0 Å². The van der Waals surface area contributed by atoms with Gasteiger partial charge in [-0.25, -0.2) is 0 Å². The van der Waals surface area contributed by atoms with Crippen molar-refractivity contribution in [3.05, 3.63) is 23.8 Å². The number of hydrogen-bond acceptors (Lipinski definition) is 4. The summed E-state index contributed by atoms with van der Waals surface area (Å²) in [5.41, 5.74) is 7.41. The third-order valence-electron chi connectivity index (χ3n) is 4.35. The summed E-state index contributed by atoms with van der Waals surface area (Å²) in [7, 11) is 1.61. The maximum absolute atomic E-state index is 11.8. The van der Waals surface area contributed by atoms with Crippen LogP contribution in [0.2, 0.25) is 0 Å². The van der Waals surface area contributed by atoms with E-state index in [1.165, 1.54) is 4.90 Å². The SMILES string of the molecule is CN1C(=O)C(=O)c2ccc(N3CCC(C(N)=O)CC3)cc21. The van der Waals surface area contributed by atoms with Gasteiger partial charge in [-0.1, -0.05) is 0 Å². The molecule has 0 radical (unpaired) electrons. The van der Waals surface area contributed by atoms with Crippen molar-refractivity contribution in [2.45, 2.75) is 12.8 Å². The first-order chi connectivity index (χ1) is 9.99. The number of likely N-dealkylation sites (N-methyl/N-ethyl adjacent to an activating group) is 1. The molecule has 2 N–H and O–H groups in total. The number of anilines is 2. The highest BCUT2D eigenvalue weighted by Crippen LogP contribution is 2.33. The number of Topliss-reactive ketones (excluding diaryl/α,β-unsaturated/α-hetero) is 1. The van der Waals surface area contributed by atoms with Crippen LogP contribution in [0.4, 0.5) is 11.4 Å². The first-order valence-electron chi connectivity index (χ1n) is 6.99. The summed E-state index contributed by atoms with van der Waals surface area (Å²) >= 11 is 0. The number of nitrogens with two attached hydrogens (primary N) is 1. The van der Waals surface area contributed by atoms with Crippen LogP contribution in [0.3, 0.4) is 0 Å². The third-order valence-corrected chi connectivity index (χ3v) is 4.35. The number of carbonyl (C=O) groups excluding carboxylic acids is 3. The van der Waals surface area contributed by atoms with Crippen LogP contribution in [-0.2, 0) is 9.59 Å². The van der Waals surface area contributed by atoms with Crippen molar-refractivity contribution >= 4 is 29.0 Å². The summed E-state index contributed by atoms with van der Waals surface area (Å²) in [6.07, 6.45) is 1.47. The van der Waals surface area contributed by atoms with Gasteiger partial charge in [-0.15, -0.1) is 0 Å². The van der Waals surface area contributed by atoms with Crippen LogP contribution in [0.5, 0.6) is 0 Å². The molecule has 1 fully saturated rings. The number of benzene rings is 1. The second kappa shape index (κ2) is 4.87. The van der Waals surface area contributed by atoms with Crippen LogP contribution in [0.25, 0.3) is 0 Å². The molecule has 6 nitrogen and oxygen atoms in total. The zero-order chi connectivity index (χ0) is 15.1. The lowest BCUT2D eigenvalue weighted by Gasteiger charge is -2.32. The van der Waals surface area contributed by atoms with Crippen molar-refractivity contribution in [2.24, 2.45) is 11.7 Å². The fourth-order valence-electron chi connectivity index (χ4n) is 2.99. The van der Waals surface area contributed by atoms with E-state index in [1.54, 1.807) is 13.1 Å². The Balaban J connectivity index is 1.82. The Morgan fingerprint density at radius 3 is 2.52 bits per heavy atom. The van der Waals surface area contributed by atoms with E-state index in [2.05, 4.69) is 4.90 Å². The fraction of sp³-hybridized carbons (Fsp3) is 0.400. The fourth-order valence-corrected chi connectivity index (χ4v) is 2.99. The molecule has 110 valence electrons. The molecule has 1 saturated heterocycles. The number of piperidine rings is 1. The number of amides is 2. The van der Waals surface area contributed by atoms with Crippen molar-refractivity contribution in [1.29, 1.82) is 0 Å². The largest absolute Gasteiger partial charge is 0.371 e. The molecule has 2 amide bonds. The smallest absolute Gasteiger partial charge is 0.299 e. The van der Waals surface area contributed by atoms with Gasteiger partial charge >= 0.3 is 0 Å². The molecule has 0 spiro atoms. The molecule has 0 saturated carbocycles. The Morgan fingerprint density at radius 2 is 1.90 bits per heavy atom. The summed E-state index contributed by atoms with van der Waals surface area (Å²) in [6.45, 7) is 1.50. The molecule has 1 aromatic carbocycles. The topological polar surface area (TPSA) is 83.7 Å². The highest BCUT2D eigenvalue weighted by Gasteiger charge is 2.34. The van der Waals surface area contributed by atoms with Gasteiger partial charge in [-0.05, 0) is 31.0 Å². The number of carbonyl (C=O) groups is 3. The van der Waals surface area contributed by atoms with E-state index in [0.29, 0.717) is 11.3 Å². The highest BCUT2D eigenvalue weighted by molar-refractivity contribution is 6.52. The van der Waals surface area contributed by atoms with Gasteiger partial charge in [0.15, 0.2) is 0 Å². The minimum atomic E-state index is -0.491. The predicted molar refractivity (Wildman–Crippen MR) is 78.3 cm³/mol. The number of ketones is 1. The van der Waals surface area contributed by atoms with Crippen molar-refractivity contribution in [3.63, 3.8) is 0 Å². The molecule has 0 unspecified atom stereocenters. The zero-order valence-electron chi connectivity index (χ0n) is 11.8. The summed E-state index contributed by atoms with van der Waals surface area (Å²) in [5.74, 6) is -1.23. The molecule has 1 aromatic rings. The van der Waals surface area contributed by atoms with Crippen LogP contribution in [0.1, 0.15) is 23.2 Å². The normalized spacial score (nSPS) is 19.1. The average molecular weight is 287 g/mol. The Labute approximate surface area is 122 Å². The van der Waals surface area contributed by atoms with Gasteiger partial charge in [0.25, 0.3) is 11.7 Å². The summed E-state index contributed by atoms with van der Waals surface area (Å²) in [6, 6.07) is 5.42. The van der Waals surface area contributed by atoms with Crippen molar-refractivity contribution in [1.82, 2.24) is 0 Å². The van der Waals surface area contributed by atoms with Gasteiger partial charge in [0.05, 0.1) is 11.3 Å². The number of rotatable bonds is 2. The van der Waals surface area contributed by atoms with E-state index in [-0.39, 0.29) is 11.8 Å². The molecular weight excluding hydrogens is 270 g/mol. The molecule has 0 atom stereocenters. The van der Waals surface area contributed by atoms with E-state index in [9.17, 15) is 14.4 Å². The number of hydrogen-bond donors (Lipinski definition) is 1. The first-order valence-corrected chi connectivity index (χ1v) is 6.99.